The van der Waals surface area contributed by atoms with Crippen LogP contribution >= 0.6 is 0 Å². The number of amides is 1. The predicted molar refractivity (Wildman–Crippen MR) is 79.3 cm³/mol. The Labute approximate surface area is 120 Å². The molecule has 1 aromatic rings. The van der Waals surface area contributed by atoms with Gasteiger partial charge in [0.25, 0.3) is 0 Å². The molecule has 5 heteroatoms. The highest BCUT2D eigenvalue weighted by molar-refractivity contribution is 5.70. The lowest BCUT2D eigenvalue weighted by Crippen LogP contribution is -2.25. The second-order valence-electron chi connectivity index (χ2n) is 4.81. The van der Waals surface area contributed by atoms with Crippen molar-refractivity contribution in [2.24, 2.45) is 5.73 Å². The number of nitrogens with one attached hydrogen (secondary N) is 1. The van der Waals surface area contributed by atoms with Crippen LogP contribution in [0.4, 0.5) is 0 Å². The molecular weight excluding hydrogens is 256 g/mol. The van der Waals surface area contributed by atoms with E-state index >= 15 is 0 Å². The fraction of sp³-hybridized carbons (Fsp3) is 0.533. The molecule has 1 aliphatic rings. The Bertz CT molecular complexity index is 438. The number of nitrogens with two attached hydrogens (primary N) is 1. The summed E-state index contributed by atoms with van der Waals surface area (Å²) in [5.41, 5.74) is 9.70. The van der Waals surface area contributed by atoms with Crippen LogP contribution in [-0.2, 0) is 17.8 Å². The Balaban J connectivity index is 0.000000444. The van der Waals surface area contributed by atoms with Crippen LogP contribution in [0.1, 0.15) is 29.2 Å². The summed E-state index contributed by atoms with van der Waals surface area (Å²) in [5, 5.41) is 3.40. The first-order valence-electron chi connectivity index (χ1n) is 6.63. The van der Waals surface area contributed by atoms with Crippen LogP contribution in [0.3, 0.4) is 0 Å². The van der Waals surface area contributed by atoms with E-state index in [9.17, 15) is 4.79 Å². The molecule has 3 N–H and O–H groups in total. The van der Waals surface area contributed by atoms with Gasteiger partial charge in [0.2, 0.25) is 5.91 Å². The second-order valence-corrected chi connectivity index (χ2v) is 4.81. The molecule has 0 atom stereocenters. The quantitative estimate of drug-likeness (QED) is 0.860. The van der Waals surface area contributed by atoms with E-state index in [2.05, 4.69) is 24.9 Å². The summed E-state index contributed by atoms with van der Waals surface area (Å²) >= 11 is 0. The molecule has 0 radical (unpaired) electrons. The third kappa shape index (κ3) is 3.42. The summed E-state index contributed by atoms with van der Waals surface area (Å²) in [6.45, 7) is 7.50. The number of benzene rings is 1. The van der Waals surface area contributed by atoms with Gasteiger partial charge in [-0.1, -0.05) is 0 Å². The number of rotatable bonds is 2. The second kappa shape index (κ2) is 7.14. The number of methoxy groups -OCH3 is 2. The molecule has 1 amide bonds. The van der Waals surface area contributed by atoms with Gasteiger partial charge < -0.3 is 20.5 Å². The van der Waals surface area contributed by atoms with Crippen molar-refractivity contribution in [3.05, 3.63) is 22.3 Å². The average Bonchev–Trinajstić information content (AvgIpc) is 2.42. The van der Waals surface area contributed by atoms with Gasteiger partial charge in [0, 0.05) is 13.5 Å². The summed E-state index contributed by atoms with van der Waals surface area (Å²) in [4.78, 5) is 9.22. The molecule has 1 aromatic carbocycles. The minimum Gasteiger partial charge on any atom is -0.493 e. The van der Waals surface area contributed by atoms with Gasteiger partial charge in [0.1, 0.15) is 0 Å². The lowest BCUT2D eigenvalue weighted by molar-refractivity contribution is -0.115. The van der Waals surface area contributed by atoms with Gasteiger partial charge in [-0.2, -0.15) is 0 Å². The van der Waals surface area contributed by atoms with Crippen molar-refractivity contribution < 1.29 is 14.3 Å². The monoisotopic (exact) mass is 280 g/mol. The van der Waals surface area contributed by atoms with Crippen LogP contribution < -0.4 is 20.5 Å². The Kier molecular flexibility index (Phi) is 5.82. The first-order valence-corrected chi connectivity index (χ1v) is 6.63. The smallest absolute Gasteiger partial charge is 0.214 e. The largest absolute Gasteiger partial charge is 0.493 e. The van der Waals surface area contributed by atoms with E-state index in [4.69, 9.17) is 9.47 Å². The third-order valence-corrected chi connectivity index (χ3v) is 3.42. The Morgan fingerprint density at radius 1 is 1.10 bits per heavy atom. The Morgan fingerprint density at radius 3 is 2.00 bits per heavy atom. The van der Waals surface area contributed by atoms with Crippen LogP contribution in [0.15, 0.2) is 0 Å². The van der Waals surface area contributed by atoms with Gasteiger partial charge in [0.15, 0.2) is 11.5 Å². The van der Waals surface area contributed by atoms with Gasteiger partial charge in [-0.25, -0.2) is 0 Å². The molecule has 0 aliphatic carbocycles. The number of hydrogen-bond acceptors (Lipinski definition) is 4. The van der Waals surface area contributed by atoms with Crippen molar-refractivity contribution in [2.45, 2.75) is 33.7 Å². The van der Waals surface area contributed by atoms with Crippen molar-refractivity contribution in [3.63, 3.8) is 0 Å². The standard InChI is InChI=1S/C13H19NO2.C2H5NO/c1-8-10-5-6-14-7-11(10)9(2)13(16-4)12(8)15-3;1-2(3)4/h14H,5-7H2,1-4H3;1H3,(H2,3,4). The van der Waals surface area contributed by atoms with Crippen LogP contribution in [0.5, 0.6) is 11.5 Å². The molecular formula is C15H24N2O3. The molecule has 1 aliphatic heterocycles. The van der Waals surface area contributed by atoms with Crippen molar-refractivity contribution in [1.29, 1.82) is 0 Å². The number of ether oxygens (including phenoxy) is 2. The zero-order valence-electron chi connectivity index (χ0n) is 12.9. The minimum absolute atomic E-state index is 0.333. The van der Waals surface area contributed by atoms with E-state index in [1.807, 2.05) is 0 Å². The Hall–Kier alpha value is -1.75. The maximum absolute atomic E-state index is 9.22. The number of carbonyl (C=O) groups is 1. The van der Waals surface area contributed by atoms with E-state index in [0.29, 0.717) is 0 Å². The normalized spacial score (nSPS) is 12.8. The van der Waals surface area contributed by atoms with Crippen molar-refractivity contribution in [1.82, 2.24) is 5.32 Å². The summed E-state index contributed by atoms with van der Waals surface area (Å²) in [5.74, 6) is 1.43. The molecule has 0 aromatic heterocycles. The molecule has 5 nitrogen and oxygen atoms in total. The Morgan fingerprint density at radius 2 is 1.55 bits per heavy atom. The van der Waals surface area contributed by atoms with Gasteiger partial charge in [0.05, 0.1) is 14.2 Å². The van der Waals surface area contributed by atoms with Crippen molar-refractivity contribution in [2.75, 3.05) is 20.8 Å². The van der Waals surface area contributed by atoms with Crippen LogP contribution in [-0.4, -0.2) is 26.7 Å². The summed E-state index contributed by atoms with van der Waals surface area (Å²) in [6, 6.07) is 0. The molecule has 112 valence electrons. The zero-order chi connectivity index (χ0) is 15.3. The first-order chi connectivity index (χ1) is 9.43. The molecule has 0 bridgehead atoms. The molecule has 0 spiro atoms. The van der Waals surface area contributed by atoms with E-state index in [0.717, 1.165) is 31.0 Å². The molecule has 0 saturated heterocycles. The summed E-state index contributed by atoms with van der Waals surface area (Å²) < 4.78 is 10.9. The first kappa shape index (κ1) is 16.3. The average molecular weight is 280 g/mol. The summed E-state index contributed by atoms with van der Waals surface area (Å²) in [7, 11) is 3.41. The highest BCUT2D eigenvalue weighted by atomic mass is 16.5. The van der Waals surface area contributed by atoms with Crippen LogP contribution in [0.2, 0.25) is 0 Å². The SMILES string of the molecule is CC(N)=O.COc1c(C)c2c(c(C)c1OC)CNCC2. The molecule has 0 unspecified atom stereocenters. The van der Waals surface area contributed by atoms with E-state index < -0.39 is 0 Å². The van der Waals surface area contributed by atoms with Crippen molar-refractivity contribution in [3.8, 4) is 11.5 Å². The van der Waals surface area contributed by atoms with Gasteiger partial charge in [-0.15, -0.1) is 0 Å². The zero-order valence-corrected chi connectivity index (χ0v) is 12.9. The maximum Gasteiger partial charge on any atom is 0.214 e. The molecule has 1 heterocycles. The predicted octanol–water partition coefficient (Wildman–Crippen LogP) is 1.46. The molecule has 0 fully saturated rings. The number of hydrogen-bond donors (Lipinski definition) is 2. The van der Waals surface area contributed by atoms with Crippen molar-refractivity contribution >= 4 is 5.91 Å². The topological polar surface area (TPSA) is 73.6 Å². The van der Waals surface area contributed by atoms with Gasteiger partial charge in [-0.05, 0) is 49.1 Å². The number of carbonyl (C=O) groups excluding carboxylic acids is 1. The lowest BCUT2D eigenvalue weighted by atomic mass is 9.91. The molecule has 0 saturated carbocycles. The van der Waals surface area contributed by atoms with Gasteiger partial charge >= 0.3 is 0 Å². The van der Waals surface area contributed by atoms with E-state index in [-0.39, 0.29) is 5.91 Å². The minimum atomic E-state index is -0.333. The highest BCUT2D eigenvalue weighted by Gasteiger charge is 2.22. The van der Waals surface area contributed by atoms with Crippen LogP contribution in [0, 0.1) is 13.8 Å². The summed E-state index contributed by atoms with van der Waals surface area (Å²) in [6.07, 6.45) is 1.07. The lowest BCUT2D eigenvalue weighted by Gasteiger charge is -2.25. The third-order valence-electron chi connectivity index (χ3n) is 3.42. The highest BCUT2D eigenvalue weighted by Crippen LogP contribution is 2.40. The number of fused-ring (bicyclic) bond motifs is 1. The number of primary amides is 1. The maximum atomic E-state index is 9.22. The van der Waals surface area contributed by atoms with Crippen LogP contribution in [0.25, 0.3) is 0 Å². The van der Waals surface area contributed by atoms with E-state index in [1.54, 1.807) is 14.2 Å². The fourth-order valence-corrected chi connectivity index (χ4v) is 2.56. The van der Waals surface area contributed by atoms with Gasteiger partial charge in [-0.3, -0.25) is 4.79 Å². The van der Waals surface area contributed by atoms with E-state index in [1.165, 1.54) is 29.2 Å². The molecule has 2 rings (SSSR count). The fourth-order valence-electron chi connectivity index (χ4n) is 2.56. The molecule has 20 heavy (non-hydrogen) atoms.